The van der Waals surface area contributed by atoms with Gasteiger partial charge in [-0.2, -0.15) is 0 Å². The summed E-state index contributed by atoms with van der Waals surface area (Å²) in [5.74, 6) is 0.110. The Labute approximate surface area is 184 Å². The van der Waals surface area contributed by atoms with Gasteiger partial charge in [-0.05, 0) is 50.2 Å². The molecule has 2 aromatic carbocycles. The molecule has 0 aliphatic heterocycles. The van der Waals surface area contributed by atoms with E-state index in [1.54, 1.807) is 30.3 Å². The van der Waals surface area contributed by atoms with Crippen molar-refractivity contribution in [3.8, 4) is 0 Å². The number of aryl methyl sites for hydroxylation is 2. The van der Waals surface area contributed by atoms with Crippen molar-refractivity contribution in [2.75, 3.05) is 10.6 Å². The van der Waals surface area contributed by atoms with Crippen molar-refractivity contribution >= 4 is 28.1 Å². The molecule has 1 amide bonds. The molecule has 0 fully saturated rings. The molecule has 156 valence electrons. The molecule has 0 aliphatic carbocycles. The number of halogens is 1. The van der Waals surface area contributed by atoms with Gasteiger partial charge in [0, 0.05) is 27.3 Å². The summed E-state index contributed by atoms with van der Waals surface area (Å²) in [5.41, 5.74) is 2.70. The second-order valence-corrected chi connectivity index (χ2v) is 8.48. The van der Waals surface area contributed by atoms with Crippen LogP contribution in [0.4, 0.5) is 15.2 Å². The summed E-state index contributed by atoms with van der Waals surface area (Å²) in [6, 6.07) is 22.8. The second kappa shape index (κ2) is 9.10. The van der Waals surface area contributed by atoms with Crippen molar-refractivity contribution in [1.82, 2.24) is 4.98 Å². The molecule has 2 N–H and O–H groups in total. The summed E-state index contributed by atoms with van der Waals surface area (Å²) in [6.45, 7) is 3.87. The van der Waals surface area contributed by atoms with Crippen LogP contribution < -0.4 is 10.6 Å². The lowest BCUT2D eigenvalue weighted by Crippen LogP contribution is -2.18. The first-order chi connectivity index (χ1) is 15.0. The molecular formula is C25H22FN3OS. The Balaban J connectivity index is 1.75. The van der Waals surface area contributed by atoms with Crippen LogP contribution in [0.1, 0.15) is 38.1 Å². The zero-order valence-electron chi connectivity index (χ0n) is 17.2. The van der Waals surface area contributed by atoms with Gasteiger partial charge in [0.15, 0.2) is 0 Å². The van der Waals surface area contributed by atoms with Gasteiger partial charge in [0.2, 0.25) is 0 Å². The number of amides is 1. The first-order valence-electron chi connectivity index (χ1n) is 9.92. The fraction of sp³-hybridized carbons (Fsp3) is 0.120. The quantitative estimate of drug-likeness (QED) is 0.374. The summed E-state index contributed by atoms with van der Waals surface area (Å²) < 4.78 is 14.8. The first-order valence-corrected chi connectivity index (χ1v) is 10.7. The second-order valence-electron chi connectivity index (χ2n) is 7.22. The molecule has 2 heterocycles. The molecule has 0 bridgehead atoms. The maximum absolute atomic E-state index is 14.8. The molecule has 0 unspecified atom stereocenters. The van der Waals surface area contributed by atoms with Crippen LogP contribution in [0.5, 0.6) is 0 Å². The van der Waals surface area contributed by atoms with E-state index in [-0.39, 0.29) is 11.7 Å². The molecule has 4 aromatic rings. The number of nitrogens with zero attached hydrogens (tertiary/aromatic N) is 1. The smallest absolute Gasteiger partial charge is 0.256 e. The van der Waals surface area contributed by atoms with Gasteiger partial charge >= 0.3 is 0 Å². The van der Waals surface area contributed by atoms with Gasteiger partial charge < -0.3 is 10.6 Å². The molecule has 0 aliphatic rings. The normalized spacial score (nSPS) is 11.7. The summed E-state index contributed by atoms with van der Waals surface area (Å²) in [6.07, 6.45) is 0. The molecule has 0 radical (unpaired) electrons. The third-order valence-electron chi connectivity index (χ3n) is 4.85. The van der Waals surface area contributed by atoms with Gasteiger partial charge in [-0.3, -0.25) is 4.79 Å². The average Bonchev–Trinajstić information content (AvgIpc) is 3.13. The lowest BCUT2D eigenvalue weighted by atomic mass is 9.99. The summed E-state index contributed by atoms with van der Waals surface area (Å²) in [5, 5.41) is 7.06. The van der Waals surface area contributed by atoms with Crippen LogP contribution in [0.25, 0.3) is 0 Å². The Morgan fingerprint density at radius 3 is 2.42 bits per heavy atom. The van der Waals surface area contributed by atoms with Crippen LogP contribution in [0, 0.1) is 19.7 Å². The van der Waals surface area contributed by atoms with E-state index in [0.29, 0.717) is 21.9 Å². The van der Waals surface area contributed by atoms with Gasteiger partial charge in [-0.25, -0.2) is 9.37 Å². The maximum atomic E-state index is 14.8. The number of hydrogen-bond donors (Lipinski definition) is 2. The number of thiophene rings is 1. The number of hydrogen-bond acceptors (Lipinski definition) is 4. The molecule has 1 atom stereocenters. The van der Waals surface area contributed by atoms with Crippen LogP contribution in [-0.2, 0) is 0 Å². The molecule has 6 heteroatoms. The standard InChI is InChI=1S/C25H22FN3OS/c1-16-9-8-14-22(27-16)28-23(19-12-6-7-13-21(19)26)20-15-17(2)31-25(20)29-24(30)18-10-4-3-5-11-18/h3-15,23H,1-2H3,(H,27,28)(H,29,30)/t23-/m0/s1. The van der Waals surface area contributed by atoms with E-state index < -0.39 is 6.04 Å². The number of carbonyl (C=O) groups excluding carboxylic acids is 1. The Morgan fingerprint density at radius 2 is 1.68 bits per heavy atom. The highest BCUT2D eigenvalue weighted by Gasteiger charge is 2.24. The SMILES string of the molecule is Cc1cccc(N[C@@H](c2ccccc2F)c2cc(C)sc2NC(=O)c2ccccc2)n1. The zero-order chi connectivity index (χ0) is 21.8. The van der Waals surface area contributed by atoms with Gasteiger partial charge in [0.25, 0.3) is 5.91 Å². The molecule has 4 rings (SSSR count). The minimum absolute atomic E-state index is 0.204. The largest absolute Gasteiger partial charge is 0.359 e. The highest BCUT2D eigenvalue weighted by Crippen LogP contribution is 2.38. The number of rotatable bonds is 6. The Bertz CT molecular complexity index is 1210. The van der Waals surface area contributed by atoms with Gasteiger partial charge in [0.05, 0.1) is 6.04 Å². The maximum Gasteiger partial charge on any atom is 0.256 e. The van der Waals surface area contributed by atoms with Crippen LogP contribution in [-0.4, -0.2) is 10.9 Å². The number of carbonyl (C=O) groups is 1. The molecule has 2 aromatic heterocycles. The highest BCUT2D eigenvalue weighted by molar-refractivity contribution is 7.16. The summed E-state index contributed by atoms with van der Waals surface area (Å²) >= 11 is 1.47. The van der Waals surface area contributed by atoms with Crippen molar-refractivity contribution in [2.45, 2.75) is 19.9 Å². The summed E-state index contributed by atoms with van der Waals surface area (Å²) in [7, 11) is 0. The van der Waals surface area contributed by atoms with Crippen LogP contribution in [0.15, 0.2) is 78.9 Å². The molecular weight excluding hydrogens is 409 g/mol. The lowest BCUT2D eigenvalue weighted by molar-refractivity contribution is 0.102. The molecule has 0 spiro atoms. The molecule has 0 saturated heterocycles. The van der Waals surface area contributed by atoms with Gasteiger partial charge in [-0.1, -0.05) is 42.5 Å². The van der Waals surface area contributed by atoms with Crippen LogP contribution in [0.2, 0.25) is 0 Å². The van der Waals surface area contributed by atoms with E-state index in [9.17, 15) is 9.18 Å². The third-order valence-corrected chi connectivity index (χ3v) is 5.84. The zero-order valence-corrected chi connectivity index (χ0v) is 18.0. The van der Waals surface area contributed by atoms with Gasteiger partial charge in [0.1, 0.15) is 16.6 Å². The Kier molecular flexibility index (Phi) is 6.09. The van der Waals surface area contributed by atoms with Crippen molar-refractivity contribution in [1.29, 1.82) is 0 Å². The molecule has 31 heavy (non-hydrogen) atoms. The highest BCUT2D eigenvalue weighted by atomic mass is 32.1. The summed E-state index contributed by atoms with van der Waals surface area (Å²) in [4.78, 5) is 18.3. The number of pyridine rings is 1. The Hall–Kier alpha value is -3.51. The fourth-order valence-electron chi connectivity index (χ4n) is 3.41. The van der Waals surface area contributed by atoms with E-state index in [2.05, 4.69) is 15.6 Å². The third kappa shape index (κ3) is 4.81. The number of nitrogens with one attached hydrogen (secondary N) is 2. The van der Waals surface area contributed by atoms with E-state index >= 15 is 0 Å². The lowest BCUT2D eigenvalue weighted by Gasteiger charge is -2.21. The van der Waals surface area contributed by atoms with Gasteiger partial charge in [-0.15, -0.1) is 11.3 Å². The van der Waals surface area contributed by atoms with Crippen molar-refractivity contribution in [2.24, 2.45) is 0 Å². The van der Waals surface area contributed by atoms with Crippen LogP contribution >= 0.6 is 11.3 Å². The average molecular weight is 432 g/mol. The van der Waals surface area contributed by atoms with Crippen molar-refractivity contribution < 1.29 is 9.18 Å². The Morgan fingerprint density at radius 1 is 0.935 bits per heavy atom. The van der Waals surface area contributed by atoms with Crippen molar-refractivity contribution in [3.63, 3.8) is 0 Å². The number of benzene rings is 2. The number of anilines is 2. The predicted molar refractivity (Wildman–Crippen MR) is 124 cm³/mol. The molecule has 4 nitrogen and oxygen atoms in total. The van der Waals surface area contributed by atoms with E-state index in [1.165, 1.54) is 17.4 Å². The van der Waals surface area contributed by atoms with E-state index in [4.69, 9.17) is 0 Å². The predicted octanol–water partition coefficient (Wildman–Crippen LogP) is 6.35. The minimum atomic E-state index is -0.522. The number of aromatic nitrogens is 1. The van der Waals surface area contributed by atoms with Crippen molar-refractivity contribution in [3.05, 3.63) is 112 Å². The minimum Gasteiger partial charge on any atom is -0.359 e. The van der Waals surface area contributed by atoms with Crippen LogP contribution in [0.3, 0.4) is 0 Å². The monoisotopic (exact) mass is 431 g/mol. The fourth-order valence-corrected chi connectivity index (χ4v) is 4.36. The van der Waals surface area contributed by atoms with E-state index in [0.717, 1.165) is 16.1 Å². The first kappa shape index (κ1) is 20.8. The van der Waals surface area contributed by atoms with E-state index in [1.807, 2.05) is 56.3 Å². The topological polar surface area (TPSA) is 54.0 Å². The molecule has 0 saturated carbocycles.